The van der Waals surface area contributed by atoms with Crippen molar-refractivity contribution >= 4 is 11.9 Å². The predicted molar refractivity (Wildman–Crippen MR) is 69.5 cm³/mol. The predicted octanol–water partition coefficient (Wildman–Crippen LogP) is 2.52. The van der Waals surface area contributed by atoms with Gasteiger partial charge in [-0.25, -0.2) is 4.79 Å². The van der Waals surface area contributed by atoms with Crippen molar-refractivity contribution in [3.05, 3.63) is 23.3 Å². The van der Waals surface area contributed by atoms with Crippen LogP contribution < -0.4 is 0 Å². The van der Waals surface area contributed by atoms with Gasteiger partial charge in [0.1, 0.15) is 0 Å². The van der Waals surface area contributed by atoms with Crippen LogP contribution in [0.1, 0.15) is 25.7 Å². The molecule has 0 aromatic heterocycles. The van der Waals surface area contributed by atoms with Gasteiger partial charge in [-0.2, -0.15) is 4.99 Å². The standard InChI is InChI=1S/C14H18N2O2/c1-16-12-8-10-6-4-3-5-9(10)7-11(12)13(18-2)15-14(16)17/h7-8,11-12H,3-6H2,1-2H3/t11-,12+/m1/s1. The van der Waals surface area contributed by atoms with Crippen molar-refractivity contribution < 1.29 is 9.53 Å². The van der Waals surface area contributed by atoms with Crippen molar-refractivity contribution in [2.24, 2.45) is 10.9 Å². The van der Waals surface area contributed by atoms with Gasteiger partial charge in [0.25, 0.3) is 0 Å². The van der Waals surface area contributed by atoms with Crippen LogP contribution in [0.2, 0.25) is 0 Å². The van der Waals surface area contributed by atoms with E-state index >= 15 is 0 Å². The molecule has 1 heterocycles. The molecule has 3 rings (SSSR count). The molecule has 0 aromatic carbocycles. The van der Waals surface area contributed by atoms with Gasteiger partial charge < -0.3 is 9.64 Å². The van der Waals surface area contributed by atoms with Crippen LogP contribution in [0.5, 0.6) is 0 Å². The molecule has 0 spiro atoms. The highest BCUT2D eigenvalue weighted by Gasteiger charge is 2.38. The smallest absolute Gasteiger partial charge is 0.346 e. The molecule has 0 aromatic rings. The molecule has 18 heavy (non-hydrogen) atoms. The van der Waals surface area contributed by atoms with E-state index in [1.807, 2.05) is 7.05 Å². The number of methoxy groups -OCH3 is 1. The Labute approximate surface area is 107 Å². The lowest BCUT2D eigenvalue weighted by Gasteiger charge is -2.38. The lowest BCUT2D eigenvalue weighted by atomic mass is 9.79. The molecule has 4 heteroatoms. The molecule has 0 N–H and O–H groups in total. The number of aliphatic imine (C=N–C) groups is 1. The molecule has 2 amide bonds. The molecule has 96 valence electrons. The van der Waals surface area contributed by atoms with Gasteiger partial charge >= 0.3 is 6.03 Å². The minimum Gasteiger partial charge on any atom is -0.483 e. The summed E-state index contributed by atoms with van der Waals surface area (Å²) in [6.07, 6.45) is 9.29. The molecule has 0 bridgehead atoms. The molecule has 0 unspecified atom stereocenters. The zero-order valence-corrected chi connectivity index (χ0v) is 10.8. The number of allylic oxidation sites excluding steroid dienone is 2. The molecule has 2 atom stereocenters. The van der Waals surface area contributed by atoms with E-state index in [9.17, 15) is 4.79 Å². The Balaban J connectivity index is 2.01. The van der Waals surface area contributed by atoms with Crippen molar-refractivity contribution in [2.75, 3.05) is 14.2 Å². The molecule has 2 aliphatic carbocycles. The molecular formula is C14H18N2O2. The third-order valence-corrected chi connectivity index (χ3v) is 4.12. The van der Waals surface area contributed by atoms with Crippen LogP contribution in [-0.2, 0) is 4.74 Å². The van der Waals surface area contributed by atoms with E-state index in [-0.39, 0.29) is 18.0 Å². The van der Waals surface area contributed by atoms with E-state index in [2.05, 4.69) is 17.1 Å². The fourth-order valence-corrected chi connectivity index (χ4v) is 3.08. The molecule has 4 nitrogen and oxygen atoms in total. The Hall–Kier alpha value is -1.58. The fraction of sp³-hybridized carbons (Fsp3) is 0.571. The van der Waals surface area contributed by atoms with Gasteiger partial charge in [0.15, 0.2) is 0 Å². The van der Waals surface area contributed by atoms with Gasteiger partial charge in [-0.3, -0.25) is 0 Å². The number of amides is 2. The van der Waals surface area contributed by atoms with Gasteiger partial charge in [0.2, 0.25) is 5.90 Å². The Kier molecular flexibility index (Phi) is 2.73. The van der Waals surface area contributed by atoms with E-state index in [0.717, 1.165) is 12.8 Å². The molecular weight excluding hydrogens is 228 g/mol. The summed E-state index contributed by atoms with van der Waals surface area (Å²) in [4.78, 5) is 17.5. The van der Waals surface area contributed by atoms with Crippen LogP contribution in [0.3, 0.4) is 0 Å². The molecule has 1 fully saturated rings. The normalized spacial score (nSPS) is 30.9. The Morgan fingerprint density at radius 2 is 1.94 bits per heavy atom. The topological polar surface area (TPSA) is 41.9 Å². The van der Waals surface area contributed by atoms with Crippen LogP contribution in [-0.4, -0.2) is 37.0 Å². The summed E-state index contributed by atoms with van der Waals surface area (Å²) in [5.41, 5.74) is 2.84. The van der Waals surface area contributed by atoms with Gasteiger partial charge in [0.05, 0.1) is 19.1 Å². The Morgan fingerprint density at radius 1 is 1.28 bits per heavy atom. The monoisotopic (exact) mass is 246 g/mol. The van der Waals surface area contributed by atoms with E-state index in [1.165, 1.54) is 24.0 Å². The van der Waals surface area contributed by atoms with Gasteiger partial charge in [0, 0.05) is 7.05 Å². The molecule has 0 radical (unpaired) electrons. The lowest BCUT2D eigenvalue weighted by Crippen LogP contribution is -2.48. The van der Waals surface area contributed by atoms with Crippen molar-refractivity contribution in [3.8, 4) is 0 Å². The summed E-state index contributed by atoms with van der Waals surface area (Å²) in [6, 6.07) is -0.139. The highest BCUT2D eigenvalue weighted by atomic mass is 16.5. The number of hydrogen-bond acceptors (Lipinski definition) is 2. The van der Waals surface area contributed by atoms with Crippen LogP contribution in [0, 0.1) is 5.92 Å². The summed E-state index contributed by atoms with van der Waals surface area (Å²) >= 11 is 0. The number of hydrogen-bond donors (Lipinski definition) is 0. The number of carbonyl (C=O) groups is 1. The average Bonchev–Trinajstić information content (AvgIpc) is 2.41. The first-order chi connectivity index (χ1) is 8.70. The largest absolute Gasteiger partial charge is 0.483 e. The number of likely N-dealkylation sites (N-methyl/N-ethyl adjacent to an activating group) is 1. The minimum absolute atomic E-state index is 0.0711. The first kappa shape index (κ1) is 11.5. The first-order valence-corrected chi connectivity index (χ1v) is 6.52. The van der Waals surface area contributed by atoms with Crippen LogP contribution in [0.25, 0.3) is 0 Å². The number of nitrogens with zero attached hydrogens (tertiary/aromatic N) is 2. The van der Waals surface area contributed by atoms with Gasteiger partial charge in [-0.1, -0.05) is 12.2 Å². The lowest BCUT2D eigenvalue weighted by molar-refractivity contribution is 0.192. The number of fused-ring (bicyclic) bond motifs is 2. The quantitative estimate of drug-likeness (QED) is 0.659. The van der Waals surface area contributed by atoms with Crippen LogP contribution >= 0.6 is 0 Å². The van der Waals surface area contributed by atoms with E-state index in [0.29, 0.717) is 5.90 Å². The minimum atomic E-state index is -0.211. The Morgan fingerprint density at radius 3 is 2.61 bits per heavy atom. The summed E-state index contributed by atoms with van der Waals surface area (Å²) < 4.78 is 5.29. The van der Waals surface area contributed by atoms with Crippen LogP contribution in [0.4, 0.5) is 4.79 Å². The van der Waals surface area contributed by atoms with E-state index < -0.39 is 0 Å². The van der Waals surface area contributed by atoms with E-state index in [1.54, 1.807) is 12.0 Å². The second kappa shape index (κ2) is 4.26. The van der Waals surface area contributed by atoms with Crippen LogP contribution in [0.15, 0.2) is 28.3 Å². The molecule has 3 aliphatic rings. The SMILES string of the molecule is COC1=NC(=O)N(C)[C@H]2C=C3CCCCC3=C[C@@H]12. The third-order valence-electron chi connectivity index (χ3n) is 4.12. The maximum atomic E-state index is 11.8. The van der Waals surface area contributed by atoms with Crippen molar-refractivity contribution in [1.29, 1.82) is 0 Å². The van der Waals surface area contributed by atoms with Gasteiger partial charge in [-0.15, -0.1) is 0 Å². The molecule has 1 aliphatic heterocycles. The highest BCUT2D eigenvalue weighted by Crippen LogP contribution is 2.37. The zero-order chi connectivity index (χ0) is 12.7. The average molecular weight is 246 g/mol. The zero-order valence-electron chi connectivity index (χ0n) is 10.8. The Bertz CT molecular complexity index is 476. The molecule has 1 saturated carbocycles. The second-order valence-corrected chi connectivity index (χ2v) is 5.15. The number of carbonyl (C=O) groups excluding carboxylic acids is 1. The van der Waals surface area contributed by atoms with Crippen molar-refractivity contribution in [3.63, 3.8) is 0 Å². The van der Waals surface area contributed by atoms with Crippen molar-refractivity contribution in [2.45, 2.75) is 31.7 Å². The summed E-state index contributed by atoms with van der Waals surface area (Å²) in [5.74, 6) is 0.644. The highest BCUT2D eigenvalue weighted by molar-refractivity contribution is 5.96. The summed E-state index contributed by atoms with van der Waals surface area (Å²) in [7, 11) is 3.40. The third kappa shape index (κ3) is 1.67. The fourth-order valence-electron chi connectivity index (χ4n) is 3.08. The maximum Gasteiger partial charge on any atom is 0.346 e. The van der Waals surface area contributed by atoms with Crippen molar-refractivity contribution in [1.82, 2.24) is 4.90 Å². The number of rotatable bonds is 0. The van der Waals surface area contributed by atoms with Gasteiger partial charge in [-0.05, 0) is 36.8 Å². The number of ether oxygens (including phenoxy) is 1. The summed E-state index contributed by atoms with van der Waals surface area (Å²) in [5, 5.41) is 0. The maximum absolute atomic E-state index is 11.8. The first-order valence-electron chi connectivity index (χ1n) is 6.52. The summed E-state index contributed by atoms with van der Waals surface area (Å²) in [6.45, 7) is 0. The number of urea groups is 1. The molecule has 0 saturated heterocycles. The second-order valence-electron chi connectivity index (χ2n) is 5.15. The van der Waals surface area contributed by atoms with E-state index in [4.69, 9.17) is 4.74 Å².